The number of halogens is 4. The van der Waals surface area contributed by atoms with Crippen molar-refractivity contribution >= 4 is 5.57 Å². The molecule has 3 aromatic carbocycles. The maximum Gasteiger partial charge on any atom is 0.201 e. The van der Waals surface area contributed by atoms with Crippen molar-refractivity contribution in [2.75, 3.05) is 6.61 Å². The summed E-state index contributed by atoms with van der Waals surface area (Å²) in [5.41, 5.74) is 2.29. The van der Waals surface area contributed by atoms with E-state index in [9.17, 15) is 8.78 Å². The predicted octanol–water partition coefficient (Wildman–Crippen LogP) is 11.9. The van der Waals surface area contributed by atoms with Gasteiger partial charge in [-0.3, -0.25) is 0 Å². The molecule has 0 spiro atoms. The molecule has 0 fully saturated rings. The summed E-state index contributed by atoms with van der Waals surface area (Å²) in [5, 5.41) is 0. The van der Waals surface area contributed by atoms with Gasteiger partial charge in [-0.25, -0.2) is 13.2 Å². The lowest BCUT2D eigenvalue weighted by molar-refractivity contribution is 0.285. The lowest BCUT2D eigenvalue weighted by atomic mass is 9.83. The normalized spacial score (nSPS) is 15.3. The Bertz CT molecular complexity index is 1370. The third kappa shape index (κ3) is 7.93. The smallest absolute Gasteiger partial charge is 0.201 e. The van der Waals surface area contributed by atoms with E-state index in [1.165, 1.54) is 31.4 Å². The van der Waals surface area contributed by atoms with Crippen LogP contribution in [-0.4, -0.2) is 6.61 Å². The molecule has 1 aliphatic carbocycles. The van der Waals surface area contributed by atoms with Gasteiger partial charge in [-0.2, -0.15) is 4.39 Å². The monoisotopic (exact) mass is 578 g/mol. The number of rotatable bonds is 14. The molecule has 42 heavy (non-hydrogen) atoms. The predicted molar refractivity (Wildman–Crippen MR) is 165 cm³/mol. The van der Waals surface area contributed by atoms with E-state index in [2.05, 4.69) is 25.2 Å². The molecular formula is C37H42F4O. The molecule has 1 unspecified atom stereocenters. The Morgan fingerprint density at radius 2 is 1.33 bits per heavy atom. The molecule has 4 rings (SSSR count). The zero-order chi connectivity index (χ0) is 29.9. The minimum atomic E-state index is -1.02. The van der Waals surface area contributed by atoms with Crippen LogP contribution in [0.4, 0.5) is 17.6 Å². The maximum absolute atomic E-state index is 15.2. The molecule has 224 valence electrons. The summed E-state index contributed by atoms with van der Waals surface area (Å²) in [4.78, 5) is 0. The largest absolute Gasteiger partial charge is 0.490 e. The minimum absolute atomic E-state index is 0.0845. The van der Waals surface area contributed by atoms with Gasteiger partial charge in [0.15, 0.2) is 23.2 Å². The quantitative estimate of drug-likeness (QED) is 0.105. The molecule has 0 aromatic heterocycles. The van der Waals surface area contributed by atoms with Crippen LogP contribution in [0.3, 0.4) is 0 Å². The van der Waals surface area contributed by atoms with E-state index in [0.717, 1.165) is 56.9 Å². The van der Waals surface area contributed by atoms with Gasteiger partial charge in [0, 0.05) is 16.7 Å². The number of ether oxygens (including phenoxy) is 1. The Morgan fingerprint density at radius 3 is 1.98 bits per heavy atom. The van der Waals surface area contributed by atoms with Crippen LogP contribution in [0, 0.1) is 29.2 Å². The van der Waals surface area contributed by atoms with Crippen molar-refractivity contribution in [1.29, 1.82) is 0 Å². The lowest BCUT2D eigenvalue weighted by Gasteiger charge is -2.22. The standard InChI is InChI=1S/C37H42F4O/c1-3-5-7-8-9-11-25-42-33-24-23-32(36(40)37(33)41)29-19-17-28(18-20-29)31-22-21-30(34(38)35(31)39)27-15-13-26(14-16-27)12-10-6-4-2/h4,6,15,17-24,26H,3,5,7-14,16,25H2,1-2H3/b6-4+. The van der Waals surface area contributed by atoms with E-state index in [4.69, 9.17) is 4.74 Å². The Kier molecular flexibility index (Phi) is 11.9. The van der Waals surface area contributed by atoms with Crippen LogP contribution in [0.2, 0.25) is 0 Å². The van der Waals surface area contributed by atoms with Gasteiger partial charge in [0.1, 0.15) is 0 Å². The van der Waals surface area contributed by atoms with Gasteiger partial charge in [-0.05, 0) is 80.2 Å². The molecule has 5 heteroatoms. The van der Waals surface area contributed by atoms with Crippen LogP contribution in [0.5, 0.6) is 5.75 Å². The number of unbranched alkanes of at least 4 members (excludes halogenated alkanes) is 5. The molecule has 0 bridgehead atoms. The maximum atomic E-state index is 15.2. The second-order valence-corrected chi connectivity index (χ2v) is 11.2. The van der Waals surface area contributed by atoms with Crippen molar-refractivity contribution in [1.82, 2.24) is 0 Å². The summed E-state index contributed by atoms with van der Waals surface area (Å²) >= 11 is 0. The summed E-state index contributed by atoms with van der Waals surface area (Å²) in [6.45, 7) is 4.52. The molecule has 0 radical (unpaired) electrons. The average molecular weight is 579 g/mol. The molecule has 0 N–H and O–H groups in total. The van der Waals surface area contributed by atoms with Gasteiger partial charge in [-0.1, -0.05) is 93.7 Å². The minimum Gasteiger partial charge on any atom is -0.490 e. The molecule has 0 aliphatic heterocycles. The molecule has 1 nitrogen and oxygen atoms in total. The van der Waals surface area contributed by atoms with E-state index in [1.807, 2.05) is 6.92 Å². The molecule has 1 atom stereocenters. The van der Waals surface area contributed by atoms with E-state index >= 15 is 8.78 Å². The summed E-state index contributed by atoms with van der Waals surface area (Å²) in [7, 11) is 0. The summed E-state index contributed by atoms with van der Waals surface area (Å²) in [6, 6.07) is 12.5. The Hall–Kier alpha value is -3.34. The second kappa shape index (κ2) is 15.8. The zero-order valence-corrected chi connectivity index (χ0v) is 24.8. The fourth-order valence-electron chi connectivity index (χ4n) is 5.67. The average Bonchev–Trinajstić information content (AvgIpc) is 3.01. The fourth-order valence-corrected chi connectivity index (χ4v) is 5.67. The zero-order valence-electron chi connectivity index (χ0n) is 24.8. The lowest BCUT2D eigenvalue weighted by Crippen LogP contribution is -2.07. The van der Waals surface area contributed by atoms with Gasteiger partial charge in [0.2, 0.25) is 5.82 Å². The first-order valence-corrected chi connectivity index (χ1v) is 15.4. The van der Waals surface area contributed by atoms with E-state index in [-0.39, 0.29) is 16.9 Å². The Morgan fingerprint density at radius 1 is 0.738 bits per heavy atom. The van der Waals surface area contributed by atoms with Crippen molar-refractivity contribution in [3.05, 3.63) is 95.6 Å². The van der Waals surface area contributed by atoms with Crippen LogP contribution in [0.1, 0.15) is 90.0 Å². The Balaban J connectivity index is 1.42. The van der Waals surface area contributed by atoms with Crippen molar-refractivity contribution < 1.29 is 22.3 Å². The first kappa shape index (κ1) is 31.6. The highest BCUT2D eigenvalue weighted by molar-refractivity contribution is 5.74. The number of allylic oxidation sites excluding steroid dienone is 4. The van der Waals surface area contributed by atoms with E-state index in [1.54, 1.807) is 36.4 Å². The third-order valence-corrected chi connectivity index (χ3v) is 8.23. The van der Waals surface area contributed by atoms with Crippen LogP contribution in [-0.2, 0) is 0 Å². The van der Waals surface area contributed by atoms with Gasteiger partial charge >= 0.3 is 0 Å². The highest BCUT2D eigenvalue weighted by atomic mass is 19.2. The van der Waals surface area contributed by atoms with E-state index < -0.39 is 23.3 Å². The summed E-state index contributed by atoms with van der Waals surface area (Å²) in [5.74, 6) is -3.29. The number of benzene rings is 3. The SMILES string of the molecule is C/C=C/CCC1CC=C(c2ccc(-c3ccc(-c4ccc(OCCCCCCCC)c(F)c4F)cc3)c(F)c2F)CC1. The van der Waals surface area contributed by atoms with Crippen molar-refractivity contribution in [2.45, 2.75) is 84.5 Å². The Labute approximate surface area is 248 Å². The highest BCUT2D eigenvalue weighted by Gasteiger charge is 2.21. The first-order chi connectivity index (χ1) is 20.4. The van der Waals surface area contributed by atoms with Gasteiger partial charge in [0.05, 0.1) is 6.61 Å². The van der Waals surface area contributed by atoms with Crippen molar-refractivity contribution in [3.63, 3.8) is 0 Å². The third-order valence-electron chi connectivity index (χ3n) is 8.23. The second-order valence-electron chi connectivity index (χ2n) is 11.2. The summed E-state index contributed by atoms with van der Waals surface area (Å²) < 4.78 is 65.7. The van der Waals surface area contributed by atoms with Crippen molar-refractivity contribution in [2.24, 2.45) is 5.92 Å². The topological polar surface area (TPSA) is 9.23 Å². The van der Waals surface area contributed by atoms with E-state index in [0.29, 0.717) is 29.2 Å². The molecule has 3 aromatic rings. The molecule has 0 saturated carbocycles. The first-order valence-electron chi connectivity index (χ1n) is 15.4. The molecule has 0 amide bonds. The van der Waals surface area contributed by atoms with Gasteiger partial charge in [-0.15, -0.1) is 0 Å². The van der Waals surface area contributed by atoms with Gasteiger partial charge in [0.25, 0.3) is 0 Å². The number of hydrogen-bond acceptors (Lipinski definition) is 1. The number of hydrogen-bond donors (Lipinski definition) is 0. The highest BCUT2D eigenvalue weighted by Crippen LogP contribution is 2.37. The molecule has 0 heterocycles. The van der Waals surface area contributed by atoms with Crippen LogP contribution >= 0.6 is 0 Å². The van der Waals surface area contributed by atoms with Crippen LogP contribution < -0.4 is 4.74 Å². The van der Waals surface area contributed by atoms with Crippen molar-refractivity contribution in [3.8, 4) is 28.0 Å². The van der Waals surface area contributed by atoms with Crippen LogP contribution in [0.15, 0.2) is 66.8 Å². The summed E-state index contributed by atoms with van der Waals surface area (Å²) in [6.07, 6.45) is 17.5. The van der Waals surface area contributed by atoms with Crippen LogP contribution in [0.25, 0.3) is 27.8 Å². The van der Waals surface area contributed by atoms with Gasteiger partial charge < -0.3 is 4.74 Å². The molecule has 1 aliphatic rings. The molecule has 0 saturated heterocycles. The molecular weight excluding hydrogens is 536 g/mol. The fraction of sp³-hybridized carbons (Fsp3) is 0.405.